The molecule has 0 bridgehead atoms. The highest BCUT2D eigenvalue weighted by Gasteiger charge is 1.97. The summed E-state index contributed by atoms with van der Waals surface area (Å²) >= 11 is 3.31. The molecular formula is C10H12N4S2. The van der Waals surface area contributed by atoms with E-state index in [9.17, 15) is 0 Å². The van der Waals surface area contributed by atoms with Crippen molar-refractivity contribution in [2.24, 2.45) is 0 Å². The highest BCUT2D eigenvalue weighted by Crippen LogP contribution is 2.17. The number of hydrogen-bond donors (Lipinski definition) is 1. The van der Waals surface area contributed by atoms with Crippen molar-refractivity contribution in [3.05, 3.63) is 35.6 Å². The molecule has 0 atom stereocenters. The van der Waals surface area contributed by atoms with E-state index in [1.54, 1.807) is 34.8 Å². The Morgan fingerprint density at radius 2 is 2.44 bits per heavy atom. The molecule has 0 aliphatic rings. The van der Waals surface area contributed by atoms with E-state index in [1.807, 2.05) is 12.3 Å². The van der Waals surface area contributed by atoms with Crippen molar-refractivity contribution in [2.45, 2.75) is 10.9 Å². The minimum absolute atomic E-state index is 0.866. The average molecular weight is 252 g/mol. The maximum absolute atomic E-state index is 4.06. The van der Waals surface area contributed by atoms with E-state index in [-0.39, 0.29) is 0 Å². The van der Waals surface area contributed by atoms with Gasteiger partial charge in [-0.2, -0.15) is 0 Å². The van der Waals surface area contributed by atoms with E-state index in [1.165, 1.54) is 5.56 Å². The van der Waals surface area contributed by atoms with Crippen LogP contribution in [0.25, 0.3) is 0 Å². The molecule has 0 aliphatic heterocycles. The van der Waals surface area contributed by atoms with Gasteiger partial charge in [0.25, 0.3) is 0 Å². The first-order valence-electron chi connectivity index (χ1n) is 4.94. The second kappa shape index (κ2) is 6.57. The largest absolute Gasteiger partial charge is 0.312 e. The topological polar surface area (TPSA) is 50.7 Å². The quantitative estimate of drug-likeness (QED) is 0.628. The molecule has 0 saturated carbocycles. The van der Waals surface area contributed by atoms with Crippen LogP contribution in [0.5, 0.6) is 0 Å². The zero-order valence-electron chi connectivity index (χ0n) is 8.67. The van der Waals surface area contributed by atoms with Gasteiger partial charge in [-0.05, 0) is 11.6 Å². The molecule has 0 aliphatic carbocycles. The summed E-state index contributed by atoms with van der Waals surface area (Å²) in [6, 6.07) is 4.02. The first kappa shape index (κ1) is 11.5. The second-order valence-corrected chi connectivity index (χ2v) is 5.27. The van der Waals surface area contributed by atoms with E-state index in [0.29, 0.717) is 0 Å². The van der Waals surface area contributed by atoms with E-state index in [0.717, 1.165) is 23.2 Å². The van der Waals surface area contributed by atoms with Crippen LogP contribution in [-0.2, 0) is 6.54 Å². The Kier molecular flexibility index (Phi) is 4.72. The van der Waals surface area contributed by atoms with Crippen LogP contribution in [0.4, 0.5) is 0 Å². The molecule has 84 valence electrons. The molecule has 0 unspecified atom stereocenters. The van der Waals surface area contributed by atoms with Gasteiger partial charge in [0.15, 0.2) is 4.34 Å². The molecule has 16 heavy (non-hydrogen) atoms. The van der Waals surface area contributed by atoms with Gasteiger partial charge in [-0.25, -0.2) is 0 Å². The van der Waals surface area contributed by atoms with E-state index < -0.39 is 0 Å². The standard InChI is InChI=1S/C10H12N4S2/c1-2-9(6-11-3-1)7-12-4-5-15-10-14-13-8-16-10/h1-3,6,8,12H,4-5,7H2. The van der Waals surface area contributed by atoms with Gasteiger partial charge in [-0.1, -0.05) is 29.2 Å². The minimum Gasteiger partial charge on any atom is -0.312 e. The van der Waals surface area contributed by atoms with E-state index >= 15 is 0 Å². The lowest BCUT2D eigenvalue weighted by Gasteiger charge is -2.02. The Morgan fingerprint density at radius 3 is 3.19 bits per heavy atom. The fourth-order valence-electron chi connectivity index (χ4n) is 1.17. The third-order valence-corrected chi connectivity index (χ3v) is 3.76. The molecular weight excluding hydrogens is 240 g/mol. The highest BCUT2D eigenvalue weighted by atomic mass is 32.2. The fraction of sp³-hybridized carbons (Fsp3) is 0.300. The van der Waals surface area contributed by atoms with Crippen molar-refractivity contribution in [2.75, 3.05) is 12.3 Å². The van der Waals surface area contributed by atoms with Gasteiger partial charge in [0, 0.05) is 31.2 Å². The van der Waals surface area contributed by atoms with Gasteiger partial charge in [0.1, 0.15) is 5.51 Å². The number of rotatable bonds is 6. The van der Waals surface area contributed by atoms with Gasteiger partial charge < -0.3 is 5.32 Å². The van der Waals surface area contributed by atoms with Crippen molar-refractivity contribution in [1.82, 2.24) is 20.5 Å². The van der Waals surface area contributed by atoms with Crippen LogP contribution in [0.1, 0.15) is 5.56 Å². The summed E-state index contributed by atoms with van der Waals surface area (Å²) in [5.74, 6) is 1.01. The van der Waals surface area contributed by atoms with Crippen LogP contribution in [-0.4, -0.2) is 27.5 Å². The molecule has 6 heteroatoms. The normalized spacial score (nSPS) is 10.5. The van der Waals surface area contributed by atoms with Gasteiger partial charge in [0.2, 0.25) is 0 Å². The number of thioether (sulfide) groups is 1. The molecule has 0 saturated heterocycles. The first-order chi connectivity index (χ1) is 7.95. The lowest BCUT2D eigenvalue weighted by atomic mass is 10.3. The minimum atomic E-state index is 0.866. The van der Waals surface area contributed by atoms with E-state index in [4.69, 9.17) is 0 Å². The Bertz CT molecular complexity index is 390. The summed E-state index contributed by atoms with van der Waals surface area (Å²) in [5, 5.41) is 11.1. The molecule has 0 radical (unpaired) electrons. The fourth-order valence-corrected chi connectivity index (χ4v) is 2.63. The number of nitrogens with zero attached hydrogens (tertiary/aromatic N) is 3. The lowest BCUT2D eigenvalue weighted by Crippen LogP contribution is -2.16. The van der Waals surface area contributed by atoms with Gasteiger partial charge in [-0.3, -0.25) is 4.98 Å². The number of nitrogens with one attached hydrogen (secondary N) is 1. The summed E-state index contributed by atoms with van der Waals surface area (Å²) < 4.78 is 1.03. The number of aromatic nitrogens is 3. The van der Waals surface area contributed by atoms with Crippen molar-refractivity contribution in [1.29, 1.82) is 0 Å². The molecule has 0 amide bonds. The maximum atomic E-state index is 4.06. The summed E-state index contributed by atoms with van der Waals surface area (Å²) in [6.07, 6.45) is 3.67. The van der Waals surface area contributed by atoms with Crippen molar-refractivity contribution in [3.8, 4) is 0 Å². The van der Waals surface area contributed by atoms with Crippen molar-refractivity contribution < 1.29 is 0 Å². The van der Waals surface area contributed by atoms with Crippen LogP contribution in [0.3, 0.4) is 0 Å². The zero-order chi connectivity index (χ0) is 11.1. The van der Waals surface area contributed by atoms with Crippen molar-refractivity contribution in [3.63, 3.8) is 0 Å². The van der Waals surface area contributed by atoms with Crippen molar-refractivity contribution >= 4 is 23.1 Å². The average Bonchev–Trinajstić information content (AvgIpc) is 2.83. The molecule has 0 spiro atoms. The van der Waals surface area contributed by atoms with Crippen LogP contribution in [0.2, 0.25) is 0 Å². The Hall–Kier alpha value is -0.980. The molecule has 0 fully saturated rings. The molecule has 0 aromatic carbocycles. The van der Waals surface area contributed by atoms with Crippen LogP contribution in [0.15, 0.2) is 34.4 Å². The van der Waals surface area contributed by atoms with Gasteiger partial charge in [0.05, 0.1) is 0 Å². The SMILES string of the molecule is c1cncc(CNCCSc2nncs2)c1. The summed E-state index contributed by atoms with van der Waals surface area (Å²) in [7, 11) is 0. The van der Waals surface area contributed by atoms with E-state index in [2.05, 4.69) is 26.6 Å². The molecule has 2 aromatic heterocycles. The summed E-state index contributed by atoms with van der Waals surface area (Å²) in [6.45, 7) is 1.82. The molecule has 2 aromatic rings. The predicted octanol–water partition coefficient (Wildman–Crippen LogP) is 1.81. The van der Waals surface area contributed by atoms with Gasteiger partial charge >= 0.3 is 0 Å². The number of pyridine rings is 1. The smallest absolute Gasteiger partial charge is 0.174 e. The van der Waals surface area contributed by atoms with Crippen LogP contribution in [0, 0.1) is 0 Å². The third-order valence-electron chi connectivity index (χ3n) is 1.90. The molecule has 2 heterocycles. The van der Waals surface area contributed by atoms with Crippen LogP contribution >= 0.6 is 23.1 Å². The Labute approximate surface area is 103 Å². The Morgan fingerprint density at radius 1 is 1.44 bits per heavy atom. The van der Waals surface area contributed by atoms with Gasteiger partial charge in [-0.15, -0.1) is 10.2 Å². The first-order valence-corrected chi connectivity index (χ1v) is 6.80. The zero-order valence-corrected chi connectivity index (χ0v) is 10.3. The second-order valence-electron chi connectivity index (χ2n) is 3.09. The monoisotopic (exact) mass is 252 g/mol. The Balaban J connectivity index is 1.59. The highest BCUT2D eigenvalue weighted by molar-refractivity contribution is 8.01. The molecule has 4 nitrogen and oxygen atoms in total. The summed E-state index contributed by atoms with van der Waals surface area (Å²) in [4.78, 5) is 4.06. The molecule has 1 N–H and O–H groups in total. The lowest BCUT2D eigenvalue weighted by molar-refractivity contribution is 0.729. The maximum Gasteiger partial charge on any atom is 0.174 e. The predicted molar refractivity (Wildman–Crippen MR) is 66.6 cm³/mol. The third kappa shape index (κ3) is 3.88. The van der Waals surface area contributed by atoms with Crippen LogP contribution < -0.4 is 5.32 Å². The number of hydrogen-bond acceptors (Lipinski definition) is 6. The molecule has 2 rings (SSSR count). The summed E-state index contributed by atoms with van der Waals surface area (Å²) in [5.41, 5.74) is 2.97.